The van der Waals surface area contributed by atoms with Gasteiger partial charge in [-0.25, -0.2) is 5.43 Å². The average Bonchev–Trinajstić information content (AvgIpc) is 3.39. The summed E-state index contributed by atoms with van der Waals surface area (Å²) in [7, 11) is 0. The summed E-state index contributed by atoms with van der Waals surface area (Å²) in [5.74, 6) is 0.538. The monoisotopic (exact) mass is 388 g/mol. The number of nitrogens with zero attached hydrogens (tertiary/aromatic N) is 1. The lowest BCUT2D eigenvalue weighted by Crippen LogP contribution is -2.44. The standard InChI is InChI=1S/C19H24N4O5/c24-18(17-13-10-12(23(25)26)4-5-14(13)21-22-17)20-11-3-6-15-16(9-11)28-19(27-15)7-1-2-8-19/h3,6,9,12-14,17,21-22H,1-2,4-5,7-8,10H2,(H,20,24). The number of nitro groups is 1. The lowest BCUT2D eigenvalue weighted by atomic mass is 9.79. The first-order chi connectivity index (χ1) is 13.5. The number of anilines is 1. The van der Waals surface area contributed by atoms with E-state index in [1.807, 2.05) is 6.07 Å². The van der Waals surface area contributed by atoms with Crippen LogP contribution in [0.5, 0.6) is 11.5 Å². The lowest BCUT2D eigenvalue weighted by Gasteiger charge is -2.28. The summed E-state index contributed by atoms with van der Waals surface area (Å²) >= 11 is 0. The van der Waals surface area contributed by atoms with Gasteiger partial charge < -0.3 is 14.8 Å². The van der Waals surface area contributed by atoms with Crippen LogP contribution < -0.4 is 25.6 Å². The zero-order valence-electron chi connectivity index (χ0n) is 15.5. The summed E-state index contributed by atoms with van der Waals surface area (Å²) in [6.45, 7) is 0. The Labute approximate surface area is 162 Å². The predicted octanol–water partition coefficient (Wildman–Crippen LogP) is 1.96. The van der Waals surface area contributed by atoms with Crippen LogP contribution in [0.15, 0.2) is 18.2 Å². The molecule has 9 heteroatoms. The van der Waals surface area contributed by atoms with Gasteiger partial charge in [0.25, 0.3) is 5.79 Å². The molecule has 4 aliphatic rings. The molecule has 0 bridgehead atoms. The van der Waals surface area contributed by atoms with Crippen LogP contribution in [0.4, 0.5) is 5.69 Å². The highest BCUT2D eigenvalue weighted by molar-refractivity contribution is 5.95. The molecule has 2 saturated carbocycles. The van der Waals surface area contributed by atoms with E-state index in [-0.39, 0.29) is 22.8 Å². The Morgan fingerprint density at radius 2 is 1.96 bits per heavy atom. The van der Waals surface area contributed by atoms with Crippen molar-refractivity contribution in [2.75, 3.05) is 5.32 Å². The third-order valence-electron chi connectivity index (χ3n) is 6.47. The van der Waals surface area contributed by atoms with Crippen molar-refractivity contribution in [2.24, 2.45) is 5.92 Å². The van der Waals surface area contributed by atoms with Crippen LogP contribution in [0, 0.1) is 16.0 Å². The van der Waals surface area contributed by atoms with E-state index in [2.05, 4.69) is 16.2 Å². The smallest absolute Gasteiger partial charge is 0.251 e. The molecule has 1 aromatic carbocycles. The molecular weight excluding hydrogens is 364 g/mol. The van der Waals surface area contributed by atoms with E-state index in [4.69, 9.17) is 9.47 Å². The highest BCUT2D eigenvalue weighted by atomic mass is 16.7. The maximum Gasteiger partial charge on any atom is 0.251 e. The topological polar surface area (TPSA) is 115 Å². The Kier molecular flexibility index (Phi) is 4.17. The molecule has 28 heavy (non-hydrogen) atoms. The third-order valence-corrected chi connectivity index (χ3v) is 6.47. The summed E-state index contributed by atoms with van der Waals surface area (Å²) in [6, 6.07) is 4.43. The van der Waals surface area contributed by atoms with Crippen molar-refractivity contribution in [3.63, 3.8) is 0 Å². The Morgan fingerprint density at radius 1 is 1.18 bits per heavy atom. The first-order valence-corrected chi connectivity index (χ1v) is 10.0. The molecular formula is C19H24N4O5. The maximum atomic E-state index is 12.8. The number of carbonyl (C=O) groups excluding carboxylic acids is 1. The number of hydrogen-bond acceptors (Lipinski definition) is 7. The van der Waals surface area contributed by atoms with Gasteiger partial charge in [0, 0.05) is 54.3 Å². The van der Waals surface area contributed by atoms with E-state index in [1.165, 1.54) is 0 Å². The molecule has 3 N–H and O–H groups in total. The summed E-state index contributed by atoms with van der Waals surface area (Å²) in [4.78, 5) is 23.8. The van der Waals surface area contributed by atoms with Gasteiger partial charge in [-0.3, -0.25) is 20.3 Å². The molecule has 5 rings (SSSR count). The Balaban J connectivity index is 1.27. The van der Waals surface area contributed by atoms with Gasteiger partial charge >= 0.3 is 0 Å². The van der Waals surface area contributed by atoms with Crippen molar-refractivity contribution in [3.05, 3.63) is 28.3 Å². The second kappa shape index (κ2) is 6.59. The highest BCUT2D eigenvalue weighted by Crippen LogP contribution is 2.47. The first-order valence-electron chi connectivity index (χ1n) is 10.0. The Hall–Kier alpha value is -2.39. The average molecular weight is 388 g/mol. The predicted molar refractivity (Wildman–Crippen MR) is 99.5 cm³/mol. The van der Waals surface area contributed by atoms with E-state index in [0.717, 1.165) is 25.7 Å². The van der Waals surface area contributed by atoms with Crippen molar-refractivity contribution in [1.82, 2.24) is 10.9 Å². The van der Waals surface area contributed by atoms with Crippen LogP contribution in [0.3, 0.4) is 0 Å². The van der Waals surface area contributed by atoms with E-state index in [9.17, 15) is 14.9 Å². The number of fused-ring (bicyclic) bond motifs is 2. The number of ether oxygens (including phenoxy) is 2. The Bertz CT molecular complexity index is 810. The first kappa shape index (κ1) is 17.7. The fourth-order valence-electron chi connectivity index (χ4n) is 4.99. The summed E-state index contributed by atoms with van der Waals surface area (Å²) in [6.07, 6.45) is 5.57. The second-order valence-electron chi connectivity index (χ2n) is 8.26. The zero-order valence-corrected chi connectivity index (χ0v) is 15.5. The fraction of sp³-hybridized carbons (Fsp3) is 0.632. The number of benzene rings is 1. The molecule has 1 spiro atoms. The van der Waals surface area contributed by atoms with Gasteiger partial charge in [-0.15, -0.1) is 0 Å². The molecule has 2 aliphatic carbocycles. The van der Waals surface area contributed by atoms with E-state index in [1.54, 1.807) is 12.1 Å². The highest BCUT2D eigenvalue weighted by Gasteiger charge is 2.47. The molecule has 2 heterocycles. The summed E-state index contributed by atoms with van der Waals surface area (Å²) in [5, 5.41) is 14.1. The van der Waals surface area contributed by atoms with Crippen LogP contribution in [-0.4, -0.2) is 34.7 Å². The van der Waals surface area contributed by atoms with Crippen molar-refractivity contribution in [2.45, 2.75) is 68.9 Å². The van der Waals surface area contributed by atoms with E-state index >= 15 is 0 Å². The van der Waals surface area contributed by atoms with Crippen molar-refractivity contribution < 1.29 is 19.2 Å². The molecule has 4 atom stereocenters. The van der Waals surface area contributed by atoms with Gasteiger partial charge in [0.1, 0.15) is 6.04 Å². The maximum absolute atomic E-state index is 12.8. The van der Waals surface area contributed by atoms with Crippen LogP contribution >= 0.6 is 0 Å². The molecule has 2 aliphatic heterocycles. The van der Waals surface area contributed by atoms with Crippen LogP contribution in [0.1, 0.15) is 44.9 Å². The number of rotatable bonds is 3. The molecule has 1 aromatic rings. The lowest BCUT2D eigenvalue weighted by molar-refractivity contribution is -0.528. The van der Waals surface area contributed by atoms with Crippen LogP contribution in [0.2, 0.25) is 0 Å². The quantitative estimate of drug-likeness (QED) is 0.535. The van der Waals surface area contributed by atoms with E-state index in [0.29, 0.717) is 36.4 Å². The minimum absolute atomic E-state index is 0.0888. The normalized spacial score (nSPS) is 32.3. The van der Waals surface area contributed by atoms with E-state index < -0.39 is 17.9 Å². The van der Waals surface area contributed by atoms with Gasteiger partial charge in [-0.05, 0) is 31.4 Å². The van der Waals surface area contributed by atoms with Crippen molar-refractivity contribution in [3.8, 4) is 11.5 Å². The molecule has 0 aromatic heterocycles. The molecule has 9 nitrogen and oxygen atoms in total. The van der Waals surface area contributed by atoms with Crippen molar-refractivity contribution in [1.29, 1.82) is 0 Å². The zero-order chi connectivity index (χ0) is 19.3. The fourth-order valence-corrected chi connectivity index (χ4v) is 4.99. The number of hydrogen-bond donors (Lipinski definition) is 3. The number of carbonyl (C=O) groups is 1. The van der Waals surface area contributed by atoms with Crippen LogP contribution in [-0.2, 0) is 4.79 Å². The van der Waals surface area contributed by atoms with Gasteiger partial charge in [0.2, 0.25) is 11.9 Å². The van der Waals surface area contributed by atoms with Crippen molar-refractivity contribution >= 4 is 11.6 Å². The molecule has 4 unspecified atom stereocenters. The second-order valence-corrected chi connectivity index (χ2v) is 8.26. The third kappa shape index (κ3) is 2.98. The molecule has 150 valence electrons. The largest absolute Gasteiger partial charge is 0.448 e. The number of hydrazine groups is 1. The van der Waals surface area contributed by atoms with Gasteiger partial charge in [0.15, 0.2) is 11.5 Å². The van der Waals surface area contributed by atoms with Crippen LogP contribution in [0.25, 0.3) is 0 Å². The number of nitrogens with one attached hydrogen (secondary N) is 3. The summed E-state index contributed by atoms with van der Waals surface area (Å²) < 4.78 is 12.1. The van der Waals surface area contributed by atoms with Gasteiger partial charge in [-0.1, -0.05) is 0 Å². The number of amides is 1. The minimum Gasteiger partial charge on any atom is -0.448 e. The molecule has 0 radical (unpaired) electrons. The molecule has 3 fully saturated rings. The molecule has 1 amide bonds. The Morgan fingerprint density at radius 3 is 2.75 bits per heavy atom. The van der Waals surface area contributed by atoms with Gasteiger partial charge in [0.05, 0.1) is 0 Å². The van der Waals surface area contributed by atoms with Gasteiger partial charge in [-0.2, -0.15) is 0 Å². The molecule has 1 saturated heterocycles. The minimum atomic E-state index is -0.577. The summed E-state index contributed by atoms with van der Waals surface area (Å²) in [5.41, 5.74) is 6.79. The SMILES string of the molecule is O=C(Nc1ccc2c(c1)OC1(CCCC1)O2)C1NNC2CCC([N+](=O)[O-])CC21.